The van der Waals surface area contributed by atoms with Crippen LogP contribution in [0.2, 0.25) is 0 Å². The Kier molecular flexibility index (Phi) is 9.51. The molecule has 0 amide bonds. The van der Waals surface area contributed by atoms with E-state index in [1.165, 1.54) is 0 Å². The van der Waals surface area contributed by atoms with E-state index in [4.69, 9.17) is 10.0 Å². The molecule has 0 aromatic carbocycles. The Balaban J connectivity index is 0. The molecular formula is C2H5BF3NaO4. The summed E-state index contributed by atoms with van der Waals surface area (Å²) in [6, 6.07) is 0. The Labute approximate surface area is 82.7 Å². The molecule has 4 nitrogen and oxygen atoms in total. The average molecular weight is 184 g/mol. The van der Waals surface area contributed by atoms with Crippen LogP contribution in [-0.4, -0.2) is 59.7 Å². The SMILES string of the molecule is OB(O)OOC(F)C(F)F.[NaH]. The van der Waals surface area contributed by atoms with Crippen molar-refractivity contribution in [2.45, 2.75) is 12.8 Å². The van der Waals surface area contributed by atoms with Gasteiger partial charge in [-0.1, -0.05) is 0 Å². The average Bonchev–Trinajstić information content (AvgIpc) is 1.82. The molecular weight excluding hydrogens is 179 g/mol. The molecule has 0 heterocycles. The van der Waals surface area contributed by atoms with Crippen LogP contribution in [0.1, 0.15) is 0 Å². The summed E-state index contributed by atoms with van der Waals surface area (Å²) in [6.45, 7) is 0. The molecule has 0 aliphatic heterocycles. The van der Waals surface area contributed by atoms with Gasteiger partial charge in [0, 0.05) is 0 Å². The maximum atomic E-state index is 11.6. The predicted molar refractivity (Wildman–Crippen MR) is 30.4 cm³/mol. The molecule has 0 rings (SSSR count). The van der Waals surface area contributed by atoms with E-state index in [1.54, 1.807) is 0 Å². The summed E-state index contributed by atoms with van der Waals surface area (Å²) in [7, 11) is -2.42. The molecule has 0 fully saturated rings. The van der Waals surface area contributed by atoms with Gasteiger partial charge in [-0.05, 0) is 0 Å². The second kappa shape index (κ2) is 7.35. The third-order valence-corrected chi connectivity index (χ3v) is 0.432. The number of rotatable bonds is 4. The van der Waals surface area contributed by atoms with Crippen molar-refractivity contribution in [2.24, 2.45) is 0 Å². The molecule has 1 unspecified atom stereocenters. The van der Waals surface area contributed by atoms with E-state index < -0.39 is 20.1 Å². The maximum absolute atomic E-state index is 11.6. The monoisotopic (exact) mass is 184 g/mol. The first kappa shape index (κ1) is 14.2. The van der Waals surface area contributed by atoms with Crippen LogP contribution in [0.3, 0.4) is 0 Å². The van der Waals surface area contributed by atoms with E-state index in [2.05, 4.69) is 9.69 Å². The zero-order chi connectivity index (χ0) is 8.15. The molecule has 0 radical (unpaired) electrons. The van der Waals surface area contributed by atoms with Crippen LogP contribution in [0.5, 0.6) is 0 Å². The van der Waals surface area contributed by atoms with E-state index >= 15 is 0 Å². The molecule has 0 spiro atoms. The molecule has 62 valence electrons. The summed E-state index contributed by atoms with van der Waals surface area (Å²) in [5.74, 6) is 0. The third-order valence-electron chi connectivity index (χ3n) is 0.432. The molecule has 11 heavy (non-hydrogen) atoms. The zero-order valence-corrected chi connectivity index (χ0v) is 4.58. The van der Waals surface area contributed by atoms with Crippen molar-refractivity contribution in [2.75, 3.05) is 0 Å². The van der Waals surface area contributed by atoms with E-state index in [-0.39, 0.29) is 29.6 Å². The fourth-order valence-corrected chi connectivity index (χ4v) is 0.145. The summed E-state index contributed by atoms with van der Waals surface area (Å²) in [5.41, 5.74) is 0. The molecule has 2 N–H and O–H groups in total. The Morgan fingerprint density at radius 1 is 1.18 bits per heavy atom. The van der Waals surface area contributed by atoms with Gasteiger partial charge in [-0.3, -0.25) is 0 Å². The van der Waals surface area contributed by atoms with Crippen molar-refractivity contribution in [3.8, 4) is 0 Å². The van der Waals surface area contributed by atoms with Crippen LogP contribution in [0.15, 0.2) is 0 Å². The van der Waals surface area contributed by atoms with Crippen molar-refractivity contribution >= 4 is 36.9 Å². The van der Waals surface area contributed by atoms with Gasteiger partial charge >= 0.3 is 36.9 Å². The first-order valence-corrected chi connectivity index (χ1v) is 2.14. The molecule has 1 atom stereocenters. The van der Waals surface area contributed by atoms with Crippen LogP contribution in [0.25, 0.3) is 0 Å². The molecule has 9 heteroatoms. The van der Waals surface area contributed by atoms with Crippen LogP contribution in [-0.2, 0) is 9.69 Å². The summed E-state index contributed by atoms with van der Waals surface area (Å²) in [4.78, 5) is 6.37. The van der Waals surface area contributed by atoms with Crippen molar-refractivity contribution in [3.05, 3.63) is 0 Å². The second-order valence-corrected chi connectivity index (χ2v) is 1.20. The van der Waals surface area contributed by atoms with Gasteiger partial charge in [0.2, 0.25) is 0 Å². The van der Waals surface area contributed by atoms with Gasteiger partial charge in [0.05, 0.1) is 0 Å². The fourth-order valence-electron chi connectivity index (χ4n) is 0.145. The standard InChI is InChI=1S/C2H4BF3O4.Na.H/c4-1(5)2(6)9-10-3(7)8;;/h1-2,7-8H;;. The van der Waals surface area contributed by atoms with Gasteiger partial charge in [-0.2, -0.15) is 0 Å². The minimum atomic E-state index is -3.38. The van der Waals surface area contributed by atoms with Gasteiger partial charge in [0.15, 0.2) is 0 Å². The predicted octanol–water partition coefficient (Wildman–Crippen LogP) is -1.18. The first-order chi connectivity index (χ1) is 4.54. The van der Waals surface area contributed by atoms with Gasteiger partial charge in [-0.15, -0.1) is 0 Å². The second-order valence-electron chi connectivity index (χ2n) is 1.20. The van der Waals surface area contributed by atoms with Crippen LogP contribution in [0.4, 0.5) is 13.2 Å². The molecule has 0 aromatic heterocycles. The van der Waals surface area contributed by atoms with Crippen LogP contribution < -0.4 is 0 Å². The number of hydrogen-bond donors (Lipinski definition) is 2. The summed E-state index contributed by atoms with van der Waals surface area (Å²) in [5, 5.41) is 15.6. The van der Waals surface area contributed by atoms with E-state index in [9.17, 15) is 13.2 Å². The number of alkyl halides is 3. The Morgan fingerprint density at radius 2 is 1.64 bits per heavy atom. The van der Waals surface area contributed by atoms with Gasteiger partial charge in [0.1, 0.15) is 0 Å². The normalized spacial score (nSPS) is 12.5. The summed E-state index contributed by atoms with van der Waals surface area (Å²) in [6.07, 6.45) is -6.35. The van der Waals surface area contributed by atoms with Crippen LogP contribution >= 0.6 is 0 Å². The number of halogens is 3. The van der Waals surface area contributed by atoms with Gasteiger partial charge < -0.3 is 10.0 Å². The van der Waals surface area contributed by atoms with E-state index in [0.717, 1.165) is 0 Å². The third kappa shape index (κ3) is 8.60. The molecule has 0 aliphatic rings. The van der Waals surface area contributed by atoms with Crippen molar-refractivity contribution in [1.82, 2.24) is 0 Å². The topological polar surface area (TPSA) is 58.9 Å². The summed E-state index contributed by atoms with van der Waals surface area (Å²) >= 11 is 0. The molecule has 0 bridgehead atoms. The van der Waals surface area contributed by atoms with Crippen molar-refractivity contribution in [1.29, 1.82) is 0 Å². The van der Waals surface area contributed by atoms with Gasteiger partial charge in [0.25, 0.3) is 12.8 Å². The van der Waals surface area contributed by atoms with E-state index in [1.807, 2.05) is 0 Å². The molecule has 0 aromatic rings. The van der Waals surface area contributed by atoms with E-state index in [0.29, 0.717) is 0 Å². The molecule has 0 saturated carbocycles. The van der Waals surface area contributed by atoms with Crippen LogP contribution in [0, 0.1) is 0 Å². The Bertz CT molecular complexity index is 95.4. The number of hydrogen-bond acceptors (Lipinski definition) is 4. The minimum absolute atomic E-state index is 0. The zero-order valence-electron chi connectivity index (χ0n) is 4.58. The van der Waals surface area contributed by atoms with Gasteiger partial charge in [-0.25, -0.2) is 22.9 Å². The van der Waals surface area contributed by atoms with Crippen molar-refractivity contribution < 1.29 is 32.9 Å². The molecule has 0 aliphatic carbocycles. The van der Waals surface area contributed by atoms with Crippen molar-refractivity contribution in [3.63, 3.8) is 0 Å². The first-order valence-electron chi connectivity index (χ1n) is 2.14. The summed E-state index contributed by atoms with van der Waals surface area (Å²) < 4.78 is 33.8. The molecule has 0 saturated heterocycles. The Hall–Kier alpha value is 0.695. The fraction of sp³-hybridized carbons (Fsp3) is 1.00. The quantitative estimate of drug-likeness (QED) is 0.327. The Morgan fingerprint density at radius 3 is 1.91 bits per heavy atom.